The number of carbonyl (C=O) groups is 1. The van der Waals surface area contributed by atoms with Crippen LogP contribution in [0, 0.1) is 5.92 Å². The minimum Gasteiger partial charge on any atom is -0.300 e. The molecule has 1 aromatic carbocycles. The fourth-order valence-electron chi connectivity index (χ4n) is 2.38. The van der Waals surface area contributed by atoms with Crippen molar-refractivity contribution in [2.75, 3.05) is 0 Å². The van der Waals surface area contributed by atoms with Crippen LogP contribution in [0.25, 0.3) is 0 Å². The fourth-order valence-corrected chi connectivity index (χ4v) is 4.41. The number of benzene rings is 1. The molecule has 0 spiro atoms. The molecule has 0 radical (unpaired) electrons. The average Bonchev–Trinajstić information content (AvgIpc) is 2.24. The molecule has 0 aliphatic heterocycles. The molecule has 0 saturated carbocycles. The third kappa shape index (κ3) is 4.77. The summed E-state index contributed by atoms with van der Waals surface area (Å²) >= 11 is 0. The van der Waals surface area contributed by atoms with E-state index in [1.165, 1.54) is 5.56 Å². The summed E-state index contributed by atoms with van der Waals surface area (Å²) in [5, 5.41) is 0. The Morgan fingerprint density at radius 1 is 1.06 bits per heavy atom. The Kier molecular flexibility index (Phi) is 5.33. The van der Waals surface area contributed by atoms with Crippen molar-refractivity contribution in [3.8, 4) is 0 Å². The van der Waals surface area contributed by atoms with Gasteiger partial charge in [0.05, 0.1) is 8.07 Å². The van der Waals surface area contributed by atoms with E-state index in [0.717, 1.165) is 6.42 Å². The summed E-state index contributed by atoms with van der Waals surface area (Å²) in [5.41, 5.74) is 1.79. The lowest BCUT2D eigenvalue weighted by Gasteiger charge is -2.29. The molecular formula is C16H26OSi. The van der Waals surface area contributed by atoms with Gasteiger partial charge in [-0.2, -0.15) is 0 Å². The zero-order valence-electron chi connectivity index (χ0n) is 12.4. The minimum atomic E-state index is -1.36. The second-order valence-corrected chi connectivity index (χ2v) is 12.1. The molecule has 0 N–H and O–H groups in total. The van der Waals surface area contributed by atoms with E-state index in [4.69, 9.17) is 0 Å². The van der Waals surface area contributed by atoms with Crippen molar-refractivity contribution in [3.05, 3.63) is 35.9 Å². The van der Waals surface area contributed by atoms with Gasteiger partial charge < -0.3 is 0 Å². The minimum absolute atomic E-state index is 0.418. The third-order valence-electron chi connectivity index (χ3n) is 3.32. The molecule has 1 rings (SSSR count). The Morgan fingerprint density at radius 3 is 2.06 bits per heavy atom. The summed E-state index contributed by atoms with van der Waals surface area (Å²) in [6.45, 7) is 11.3. The van der Waals surface area contributed by atoms with Crippen molar-refractivity contribution in [1.82, 2.24) is 0 Å². The normalized spacial score (nSPS) is 13.7. The molecule has 2 heteroatoms. The SMILES string of the molecule is CC(C)CC(=O)CC(c1ccccc1)[Si](C)(C)C. The summed E-state index contributed by atoms with van der Waals surface area (Å²) in [4.78, 5) is 12.1. The molecule has 0 fully saturated rings. The van der Waals surface area contributed by atoms with E-state index in [-0.39, 0.29) is 0 Å². The number of carbonyl (C=O) groups excluding carboxylic acids is 1. The van der Waals surface area contributed by atoms with E-state index >= 15 is 0 Å². The Balaban J connectivity index is 2.85. The largest absolute Gasteiger partial charge is 0.300 e. The van der Waals surface area contributed by atoms with Gasteiger partial charge in [-0.15, -0.1) is 0 Å². The van der Waals surface area contributed by atoms with E-state index in [1.54, 1.807) is 0 Å². The molecule has 1 atom stereocenters. The first-order valence-corrected chi connectivity index (χ1v) is 10.4. The lowest BCUT2D eigenvalue weighted by molar-refractivity contribution is -0.119. The van der Waals surface area contributed by atoms with Gasteiger partial charge in [-0.3, -0.25) is 4.79 Å². The maximum Gasteiger partial charge on any atom is 0.133 e. The number of Topliss-reactive ketones (excluding diaryl/α,β-unsaturated/α-hetero) is 1. The zero-order valence-corrected chi connectivity index (χ0v) is 13.4. The van der Waals surface area contributed by atoms with Crippen LogP contribution in [0.2, 0.25) is 19.6 Å². The smallest absolute Gasteiger partial charge is 0.133 e. The third-order valence-corrected chi connectivity index (χ3v) is 5.94. The Morgan fingerprint density at radius 2 is 1.61 bits per heavy atom. The molecule has 1 aromatic rings. The van der Waals surface area contributed by atoms with Crippen LogP contribution in [0.1, 0.15) is 37.8 Å². The van der Waals surface area contributed by atoms with Crippen LogP contribution in [-0.4, -0.2) is 13.9 Å². The van der Waals surface area contributed by atoms with Crippen LogP contribution in [0.15, 0.2) is 30.3 Å². The highest BCUT2D eigenvalue weighted by Gasteiger charge is 2.29. The van der Waals surface area contributed by atoms with Crippen LogP contribution in [0.5, 0.6) is 0 Å². The molecule has 18 heavy (non-hydrogen) atoms. The lowest BCUT2D eigenvalue weighted by atomic mass is 10.0. The molecule has 0 aliphatic rings. The summed E-state index contributed by atoms with van der Waals surface area (Å²) < 4.78 is 0. The van der Waals surface area contributed by atoms with Crippen LogP contribution in [0.4, 0.5) is 0 Å². The fraction of sp³-hybridized carbons (Fsp3) is 0.562. The second kappa shape index (κ2) is 6.33. The van der Waals surface area contributed by atoms with Gasteiger partial charge in [-0.05, 0) is 17.0 Å². The van der Waals surface area contributed by atoms with Crippen LogP contribution < -0.4 is 0 Å². The van der Waals surface area contributed by atoms with E-state index < -0.39 is 8.07 Å². The quantitative estimate of drug-likeness (QED) is 0.682. The zero-order chi connectivity index (χ0) is 13.8. The predicted molar refractivity (Wildman–Crippen MR) is 81.6 cm³/mol. The van der Waals surface area contributed by atoms with Gasteiger partial charge in [0.2, 0.25) is 0 Å². The summed E-state index contributed by atoms with van der Waals surface area (Å²) in [6, 6.07) is 10.5. The molecule has 1 unspecified atom stereocenters. The van der Waals surface area contributed by atoms with Gasteiger partial charge in [0.15, 0.2) is 0 Å². The van der Waals surface area contributed by atoms with E-state index in [9.17, 15) is 4.79 Å². The number of ketones is 1. The van der Waals surface area contributed by atoms with Crippen molar-refractivity contribution >= 4 is 13.9 Å². The van der Waals surface area contributed by atoms with Crippen molar-refractivity contribution in [2.45, 2.75) is 51.9 Å². The maximum atomic E-state index is 12.1. The molecule has 0 amide bonds. The van der Waals surface area contributed by atoms with Gasteiger partial charge in [0.25, 0.3) is 0 Å². The first-order valence-electron chi connectivity index (χ1n) is 6.87. The molecular weight excluding hydrogens is 236 g/mol. The van der Waals surface area contributed by atoms with Crippen molar-refractivity contribution in [3.63, 3.8) is 0 Å². The van der Waals surface area contributed by atoms with Crippen LogP contribution in [0.3, 0.4) is 0 Å². The molecule has 0 bridgehead atoms. The molecule has 0 heterocycles. The molecule has 1 nitrogen and oxygen atoms in total. The monoisotopic (exact) mass is 262 g/mol. The number of hydrogen-bond acceptors (Lipinski definition) is 1. The van der Waals surface area contributed by atoms with Gasteiger partial charge in [-0.1, -0.05) is 63.8 Å². The summed E-state index contributed by atoms with van der Waals surface area (Å²) in [7, 11) is -1.36. The highest BCUT2D eigenvalue weighted by molar-refractivity contribution is 6.77. The van der Waals surface area contributed by atoms with Gasteiger partial charge in [-0.25, -0.2) is 0 Å². The highest BCUT2D eigenvalue weighted by Crippen LogP contribution is 2.31. The standard InChI is InChI=1S/C16H26OSi/c1-13(2)11-15(17)12-16(18(3,4)5)14-9-7-6-8-10-14/h6-10,13,16H,11-12H2,1-5H3. The average molecular weight is 262 g/mol. The molecule has 0 aromatic heterocycles. The highest BCUT2D eigenvalue weighted by atomic mass is 28.3. The van der Waals surface area contributed by atoms with Crippen LogP contribution in [-0.2, 0) is 4.79 Å². The van der Waals surface area contributed by atoms with Crippen molar-refractivity contribution < 1.29 is 4.79 Å². The van der Waals surface area contributed by atoms with Gasteiger partial charge >= 0.3 is 0 Å². The summed E-state index contributed by atoms with van der Waals surface area (Å²) in [5.74, 6) is 0.886. The van der Waals surface area contributed by atoms with E-state index in [1.807, 2.05) is 6.07 Å². The first kappa shape index (κ1) is 15.2. The van der Waals surface area contributed by atoms with Gasteiger partial charge in [0, 0.05) is 12.8 Å². The molecule has 0 aliphatic carbocycles. The van der Waals surface area contributed by atoms with E-state index in [2.05, 4.69) is 57.8 Å². The first-order chi connectivity index (χ1) is 8.30. The topological polar surface area (TPSA) is 17.1 Å². The van der Waals surface area contributed by atoms with Crippen molar-refractivity contribution in [1.29, 1.82) is 0 Å². The van der Waals surface area contributed by atoms with Crippen LogP contribution >= 0.6 is 0 Å². The molecule has 0 saturated heterocycles. The number of hydrogen-bond donors (Lipinski definition) is 0. The lowest BCUT2D eigenvalue weighted by Crippen LogP contribution is -2.33. The Labute approximate surface area is 113 Å². The maximum absolute atomic E-state index is 12.1. The predicted octanol–water partition coefficient (Wildman–Crippen LogP) is 4.65. The van der Waals surface area contributed by atoms with Crippen molar-refractivity contribution in [2.24, 2.45) is 5.92 Å². The second-order valence-electron chi connectivity index (χ2n) is 6.67. The summed E-state index contributed by atoms with van der Waals surface area (Å²) in [6.07, 6.45) is 1.44. The van der Waals surface area contributed by atoms with Gasteiger partial charge in [0.1, 0.15) is 5.78 Å². The molecule has 100 valence electrons. The van der Waals surface area contributed by atoms with E-state index in [0.29, 0.717) is 23.7 Å². The Bertz CT molecular complexity index is 376. The number of rotatable bonds is 6. The Hall–Kier alpha value is -0.893.